The number of nitrogens with one attached hydrogen (secondary N) is 2. The zero-order valence-electron chi connectivity index (χ0n) is 11.2. The minimum atomic E-state index is -0.00690. The van der Waals surface area contributed by atoms with Crippen molar-refractivity contribution in [3.63, 3.8) is 0 Å². The van der Waals surface area contributed by atoms with Crippen molar-refractivity contribution >= 4 is 11.7 Å². The molecule has 0 aliphatic carbocycles. The highest BCUT2D eigenvalue weighted by Crippen LogP contribution is 2.22. The molecule has 1 heterocycles. The Morgan fingerprint density at radius 2 is 2.06 bits per heavy atom. The van der Waals surface area contributed by atoms with Crippen LogP contribution in [-0.2, 0) is 0 Å². The standard InChI is InChI=1S/C14H21N3O/c1-10(2)11-4-6-13(7-5-11)17-9-12(8-15-3)16-14(17)18/h4-7,10,12,15H,8-9H2,1-3H3,(H,16,18). The van der Waals surface area contributed by atoms with Gasteiger partial charge in [-0.3, -0.25) is 4.90 Å². The Morgan fingerprint density at radius 1 is 1.39 bits per heavy atom. The molecule has 2 amide bonds. The fourth-order valence-electron chi connectivity index (χ4n) is 2.23. The van der Waals surface area contributed by atoms with Gasteiger partial charge in [0.15, 0.2) is 0 Å². The van der Waals surface area contributed by atoms with Gasteiger partial charge >= 0.3 is 6.03 Å². The Hall–Kier alpha value is -1.55. The summed E-state index contributed by atoms with van der Waals surface area (Å²) >= 11 is 0. The molecule has 0 radical (unpaired) electrons. The van der Waals surface area contributed by atoms with Gasteiger partial charge in [0.1, 0.15) is 0 Å². The van der Waals surface area contributed by atoms with Gasteiger partial charge in [-0.25, -0.2) is 4.79 Å². The summed E-state index contributed by atoms with van der Waals surface area (Å²) < 4.78 is 0. The molecule has 1 aromatic carbocycles. The van der Waals surface area contributed by atoms with Crippen LogP contribution in [0.3, 0.4) is 0 Å². The van der Waals surface area contributed by atoms with Crippen molar-refractivity contribution in [3.8, 4) is 0 Å². The van der Waals surface area contributed by atoms with Gasteiger partial charge in [0.25, 0.3) is 0 Å². The third-order valence-electron chi connectivity index (χ3n) is 3.30. The number of amides is 2. The van der Waals surface area contributed by atoms with Crippen LogP contribution in [0.25, 0.3) is 0 Å². The van der Waals surface area contributed by atoms with E-state index in [1.807, 2.05) is 19.2 Å². The van der Waals surface area contributed by atoms with Gasteiger partial charge in [-0.05, 0) is 30.7 Å². The van der Waals surface area contributed by atoms with E-state index in [-0.39, 0.29) is 12.1 Å². The molecule has 1 saturated heterocycles. The number of rotatable bonds is 4. The molecule has 1 fully saturated rings. The minimum Gasteiger partial charge on any atom is -0.332 e. The lowest BCUT2D eigenvalue weighted by Gasteiger charge is -2.16. The maximum atomic E-state index is 11.9. The predicted octanol–water partition coefficient (Wildman–Crippen LogP) is 1.93. The number of nitrogens with zero attached hydrogens (tertiary/aromatic N) is 1. The minimum absolute atomic E-state index is 0.00690. The van der Waals surface area contributed by atoms with Crippen molar-refractivity contribution < 1.29 is 4.79 Å². The van der Waals surface area contributed by atoms with Gasteiger partial charge in [-0.2, -0.15) is 0 Å². The molecule has 0 bridgehead atoms. The smallest absolute Gasteiger partial charge is 0.322 e. The van der Waals surface area contributed by atoms with E-state index >= 15 is 0 Å². The first kappa shape index (κ1) is 12.9. The summed E-state index contributed by atoms with van der Waals surface area (Å²) in [7, 11) is 1.90. The number of hydrogen-bond acceptors (Lipinski definition) is 2. The van der Waals surface area contributed by atoms with Crippen LogP contribution in [-0.4, -0.2) is 32.2 Å². The average Bonchev–Trinajstić information content (AvgIpc) is 2.71. The number of carbonyl (C=O) groups is 1. The zero-order chi connectivity index (χ0) is 13.1. The highest BCUT2D eigenvalue weighted by atomic mass is 16.2. The average molecular weight is 247 g/mol. The second kappa shape index (κ2) is 5.40. The van der Waals surface area contributed by atoms with Crippen LogP contribution in [0.5, 0.6) is 0 Å². The van der Waals surface area contributed by atoms with Crippen molar-refractivity contribution in [1.29, 1.82) is 0 Å². The van der Waals surface area contributed by atoms with Crippen LogP contribution in [0.4, 0.5) is 10.5 Å². The second-order valence-corrected chi connectivity index (χ2v) is 5.06. The first-order chi connectivity index (χ1) is 8.61. The van der Waals surface area contributed by atoms with E-state index in [4.69, 9.17) is 0 Å². The van der Waals surface area contributed by atoms with Crippen LogP contribution < -0.4 is 15.5 Å². The van der Waals surface area contributed by atoms with E-state index in [0.29, 0.717) is 5.92 Å². The van der Waals surface area contributed by atoms with E-state index in [9.17, 15) is 4.79 Å². The van der Waals surface area contributed by atoms with Crippen LogP contribution in [0.2, 0.25) is 0 Å². The lowest BCUT2D eigenvalue weighted by molar-refractivity contribution is 0.251. The van der Waals surface area contributed by atoms with Gasteiger partial charge in [-0.1, -0.05) is 26.0 Å². The largest absolute Gasteiger partial charge is 0.332 e. The monoisotopic (exact) mass is 247 g/mol. The topological polar surface area (TPSA) is 44.4 Å². The molecule has 18 heavy (non-hydrogen) atoms. The zero-order valence-corrected chi connectivity index (χ0v) is 11.2. The van der Waals surface area contributed by atoms with Gasteiger partial charge in [0, 0.05) is 18.8 Å². The van der Waals surface area contributed by atoms with Crippen molar-refractivity contribution in [3.05, 3.63) is 29.8 Å². The Labute approximate surface area is 108 Å². The quantitative estimate of drug-likeness (QED) is 0.854. The van der Waals surface area contributed by atoms with Crippen LogP contribution in [0.1, 0.15) is 25.3 Å². The number of benzene rings is 1. The summed E-state index contributed by atoms with van der Waals surface area (Å²) in [6.45, 7) is 5.86. The Balaban J connectivity index is 2.09. The lowest BCUT2D eigenvalue weighted by atomic mass is 10.0. The molecule has 1 aromatic rings. The predicted molar refractivity (Wildman–Crippen MR) is 74.1 cm³/mol. The molecule has 4 heteroatoms. The van der Waals surface area contributed by atoms with E-state index in [2.05, 4.69) is 36.6 Å². The van der Waals surface area contributed by atoms with Gasteiger partial charge in [0.2, 0.25) is 0 Å². The second-order valence-electron chi connectivity index (χ2n) is 5.06. The number of hydrogen-bond donors (Lipinski definition) is 2. The normalized spacial score (nSPS) is 19.4. The van der Waals surface area contributed by atoms with Crippen molar-refractivity contribution in [2.75, 3.05) is 25.0 Å². The fraction of sp³-hybridized carbons (Fsp3) is 0.500. The highest BCUT2D eigenvalue weighted by Gasteiger charge is 2.28. The number of carbonyl (C=O) groups excluding carboxylic acids is 1. The maximum absolute atomic E-state index is 11.9. The molecular formula is C14H21N3O. The van der Waals surface area contributed by atoms with Crippen LogP contribution >= 0.6 is 0 Å². The molecule has 1 aliphatic heterocycles. The highest BCUT2D eigenvalue weighted by molar-refractivity contribution is 5.94. The summed E-state index contributed by atoms with van der Waals surface area (Å²) in [5, 5.41) is 6.05. The summed E-state index contributed by atoms with van der Waals surface area (Å²) in [4.78, 5) is 13.7. The molecule has 2 rings (SSSR count). The van der Waals surface area contributed by atoms with E-state index in [1.54, 1.807) is 4.90 Å². The fourth-order valence-corrected chi connectivity index (χ4v) is 2.23. The van der Waals surface area contributed by atoms with E-state index < -0.39 is 0 Å². The van der Waals surface area contributed by atoms with Crippen LogP contribution in [0, 0.1) is 0 Å². The van der Waals surface area contributed by atoms with Crippen LogP contribution in [0.15, 0.2) is 24.3 Å². The molecule has 4 nitrogen and oxygen atoms in total. The van der Waals surface area contributed by atoms with Gasteiger partial charge < -0.3 is 10.6 Å². The molecule has 98 valence electrons. The van der Waals surface area contributed by atoms with Crippen molar-refractivity contribution in [2.24, 2.45) is 0 Å². The Kier molecular flexibility index (Phi) is 3.87. The molecule has 1 unspecified atom stereocenters. The molecule has 0 aromatic heterocycles. The summed E-state index contributed by atoms with van der Waals surface area (Å²) in [5.41, 5.74) is 2.26. The van der Waals surface area contributed by atoms with Crippen molar-refractivity contribution in [1.82, 2.24) is 10.6 Å². The number of anilines is 1. The van der Waals surface area contributed by atoms with Gasteiger partial charge in [0.05, 0.1) is 6.04 Å². The third kappa shape index (κ3) is 2.64. The summed E-state index contributed by atoms with van der Waals surface area (Å²) in [5.74, 6) is 0.517. The molecule has 1 aliphatic rings. The summed E-state index contributed by atoms with van der Waals surface area (Å²) in [6, 6.07) is 8.42. The first-order valence-electron chi connectivity index (χ1n) is 6.44. The Bertz CT molecular complexity index is 414. The summed E-state index contributed by atoms with van der Waals surface area (Å²) in [6.07, 6.45) is 0. The number of likely N-dealkylation sites (N-methyl/N-ethyl adjacent to an activating group) is 1. The molecule has 1 atom stereocenters. The van der Waals surface area contributed by atoms with E-state index in [0.717, 1.165) is 18.8 Å². The number of urea groups is 1. The van der Waals surface area contributed by atoms with Gasteiger partial charge in [-0.15, -0.1) is 0 Å². The molecular weight excluding hydrogens is 226 g/mol. The SMILES string of the molecule is CNCC1CN(c2ccc(C(C)C)cc2)C(=O)N1. The molecule has 2 N–H and O–H groups in total. The Morgan fingerprint density at radius 3 is 2.61 bits per heavy atom. The molecule has 0 saturated carbocycles. The lowest BCUT2D eigenvalue weighted by Crippen LogP contribution is -2.35. The first-order valence-corrected chi connectivity index (χ1v) is 6.44. The molecule has 0 spiro atoms. The van der Waals surface area contributed by atoms with E-state index in [1.165, 1.54) is 5.56 Å². The third-order valence-corrected chi connectivity index (χ3v) is 3.30. The van der Waals surface area contributed by atoms with Crippen molar-refractivity contribution in [2.45, 2.75) is 25.8 Å². The maximum Gasteiger partial charge on any atom is 0.322 e.